The summed E-state index contributed by atoms with van der Waals surface area (Å²) in [5.41, 5.74) is 0. The van der Waals surface area contributed by atoms with Gasteiger partial charge < -0.3 is 45.1 Å². The molecule has 0 aromatic rings. The third kappa shape index (κ3) is 35.3. The van der Waals surface area contributed by atoms with Gasteiger partial charge >= 0.3 is 5.97 Å². The van der Waals surface area contributed by atoms with E-state index in [1.54, 1.807) is 6.08 Å². The highest BCUT2D eigenvalue weighted by Gasteiger charge is 2.44. The van der Waals surface area contributed by atoms with Gasteiger partial charge in [0, 0.05) is 12.8 Å². The number of aliphatic hydroxyl groups excluding tert-OH is 5. The smallest absolute Gasteiger partial charge is 0.305 e. The van der Waals surface area contributed by atoms with E-state index in [1.165, 1.54) is 154 Å². The highest BCUT2D eigenvalue weighted by molar-refractivity contribution is 5.76. The lowest BCUT2D eigenvalue weighted by molar-refractivity contribution is -0.302. The first-order valence-electron chi connectivity index (χ1n) is 27.6. The Kier molecular flexibility index (Phi) is 42.9. The molecule has 0 bridgehead atoms. The van der Waals surface area contributed by atoms with Gasteiger partial charge in [-0.1, -0.05) is 205 Å². The molecule has 1 rings (SSSR count). The molecule has 0 spiro atoms. The van der Waals surface area contributed by atoms with Crippen LogP contribution in [0.15, 0.2) is 24.3 Å². The van der Waals surface area contributed by atoms with Crippen LogP contribution in [0, 0.1) is 0 Å². The van der Waals surface area contributed by atoms with Crippen LogP contribution in [-0.2, 0) is 23.8 Å². The van der Waals surface area contributed by atoms with E-state index in [0.29, 0.717) is 19.4 Å². The summed E-state index contributed by atoms with van der Waals surface area (Å²) in [5, 5.41) is 54.1. The quantitative estimate of drug-likeness (QED) is 0.0196. The fraction of sp³-hybridized carbons (Fsp3) is 0.891. The summed E-state index contributed by atoms with van der Waals surface area (Å²) < 4.78 is 16.7. The van der Waals surface area contributed by atoms with Crippen molar-refractivity contribution >= 4 is 11.9 Å². The van der Waals surface area contributed by atoms with Crippen molar-refractivity contribution in [1.29, 1.82) is 0 Å². The van der Waals surface area contributed by atoms with Gasteiger partial charge in [0.05, 0.1) is 32.0 Å². The van der Waals surface area contributed by atoms with Crippen molar-refractivity contribution < 1.29 is 49.3 Å². The Bertz CT molecular complexity index is 1150. The van der Waals surface area contributed by atoms with E-state index in [-0.39, 0.29) is 18.5 Å². The van der Waals surface area contributed by atoms with Gasteiger partial charge in [-0.3, -0.25) is 9.59 Å². The zero-order valence-corrected chi connectivity index (χ0v) is 42.4. The normalized spacial score (nSPS) is 19.8. The number of ether oxygens (including phenoxy) is 3. The molecule has 0 aliphatic carbocycles. The Morgan fingerprint density at radius 2 is 0.970 bits per heavy atom. The second kappa shape index (κ2) is 45.6. The topological polar surface area (TPSA) is 175 Å². The fourth-order valence-corrected chi connectivity index (χ4v) is 8.60. The van der Waals surface area contributed by atoms with Crippen LogP contribution in [0.5, 0.6) is 0 Å². The molecule has 1 aliphatic heterocycles. The number of hydrogen-bond acceptors (Lipinski definition) is 10. The first-order valence-corrected chi connectivity index (χ1v) is 27.6. The van der Waals surface area contributed by atoms with Crippen molar-refractivity contribution in [2.24, 2.45) is 0 Å². The van der Waals surface area contributed by atoms with Gasteiger partial charge in [-0.15, -0.1) is 0 Å². The number of rotatable bonds is 47. The molecule has 11 heteroatoms. The summed E-state index contributed by atoms with van der Waals surface area (Å²) in [5.74, 6) is -0.226. The highest BCUT2D eigenvalue weighted by atomic mass is 16.7. The molecule has 7 atom stereocenters. The molecule has 7 unspecified atom stereocenters. The Hall–Kier alpha value is -1.86. The predicted molar refractivity (Wildman–Crippen MR) is 269 cm³/mol. The Morgan fingerprint density at radius 3 is 1.45 bits per heavy atom. The molecule has 1 heterocycles. The van der Waals surface area contributed by atoms with E-state index in [4.69, 9.17) is 14.2 Å². The second-order valence-electron chi connectivity index (χ2n) is 19.3. The van der Waals surface area contributed by atoms with Gasteiger partial charge in [-0.2, -0.15) is 0 Å². The molecule has 0 aromatic carbocycles. The minimum absolute atomic E-state index is 0.0311. The average Bonchev–Trinajstić information content (AvgIpc) is 3.31. The summed E-state index contributed by atoms with van der Waals surface area (Å²) in [6, 6.07) is -0.816. The monoisotopic (exact) mass is 938 g/mol. The number of unbranched alkanes of at least 4 members (excludes halogenated alkanes) is 31. The SMILES string of the molecule is CCCCCCCC/C=C\CCCCCCCC(=O)OCCCCCCCCCCCCCCCCC(=O)NC(COC1OC(CO)C(O)C(O)C1O)C(O)/C=C/CCCCCCCCC. The van der Waals surface area contributed by atoms with Gasteiger partial charge in [0.25, 0.3) is 0 Å². The second-order valence-corrected chi connectivity index (χ2v) is 19.3. The molecule has 0 radical (unpaired) electrons. The number of aliphatic hydroxyl groups is 5. The lowest BCUT2D eigenvalue weighted by Gasteiger charge is -2.40. The molecular weight excluding hydrogens is 835 g/mol. The van der Waals surface area contributed by atoms with Crippen molar-refractivity contribution in [2.75, 3.05) is 19.8 Å². The maximum atomic E-state index is 13.0. The van der Waals surface area contributed by atoms with Crippen LogP contribution in [-0.4, -0.2) is 100 Å². The largest absolute Gasteiger partial charge is 0.466 e. The maximum Gasteiger partial charge on any atom is 0.305 e. The van der Waals surface area contributed by atoms with Gasteiger partial charge in [-0.05, 0) is 57.8 Å². The van der Waals surface area contributed by atoms with Crippen LogP contribution in [0.25, 0.3) is 0 Å². The maximum absolute atomic E-state index is 13.0. The Morgan fingerprint density at radius 1 is 0.545 bits per heavy atom. The van der Waals surface area contributed by atoms with Crippen LogP contribution < -0.4 is 5.32 Å². The molecule has 11 nitrogen and oxygen atoms in total. The van der Waals surface area contributed by atoms with E-state index in [0.717, 1.165) is 70.6 Å². The molecule has 0 aromatic heterocycles. The number of allylic oxidation sites excluding steroid dienone is 3. The third-order valence-electron chi connectivity index (χ3n) is 13.1. The first kappa shape index (κ1) is 62.2. The third-order valence-corrected chi connectivity index (χ3v) is 13.1. The van der Waals surface area contributed by atoms with Crippen LogP contribution in [0.2, 0.25) is 0 Å². The van der Waals surface area contributed by atoms with Crippen molar-refractivity contribution in [3.8, 4) is 0 Å². The van der Waals surface area contributed by atoms with Crippen molar-refractivity contribution in [3.05, 3.63) is 24.3 Å². The zero-order chi connectivity index (χ0) is 48.1. The van der Waals surface area contributed by atoms with E-state index >= 15 is 0 Å². The molecule has 1 fully saturated rings. The highest BCUT2D eigenvalue weighted by Crippen LogP contribution is 2.23. The lowest BCUT2D eigenvalue weighted by Crippen LogP contribution is -2.60. The first-order chi connectivity index (χ1) is 32.2. The summed E-state index contributed by atoms with van der Waals surface area (Å²) in [4.78, 5) is 25.0. The van der Waals surface area contributed by atoms with Crippen LogP contribution in [0.1, 0.15) is 251 Å². The van der Waals surface area contributed by atoms with Crippen molar-refractivity contribution in [1.82, 2.24) is 5.32 Å². The number of hydrogen-bond donors (Lipinski definition) is 6. The molecule has 1 saturated heterocycles. The number of carbonyl (C=O) groups excluding carboxylic acids is 2. The van der Waals surface area contributed by atoms with E-state index < -0.39 is 49.5 Å². The van der Waals surface area contributed by atoms with Gasteiger partial charge in [0.15, 0.2) is 6.29 Å². The lowest BCUT2D eigenvalue weighted by atomic mass is 9.99. The van der Waals surface area contributed by atoms with Crippen LogP contribution in [0.3, 0.4) is 0 Å². The Labute approximate surface area is 403 Å². The van der Waals surface area contributed by atoms with Gasteiger partial charge in [0.1, 0.15) is 24.4 Å². The average molecular weight is 938 g/mol. The molecule has 1 aliphatic rings. The number of esters is 1. The minimum atomic E-state index is -1.57. The molecule has 0 saturated carbocycles. The molecular formula is C55H103NO10. The van der Waals surface area contributed by atoms with E-state index in [2.05, 4.69) is 31.3 Å². The molecule has 6 N–H and O–H groups in total. The zero-order valence-electron chi connectivity index (χ0n) is 42.4. The molecule has 66 heavy (non-hydrogen) atoms. The summed E-state index contributed by atoms with van der Waals surface area (Å²) in [6.45, 7) is 4.26. The number of amides is 1. The van der Waals surface area contributed by atoms with Crippen LogP contribution in [0.4, 0.5) is 0 Å². The number of carbonyl (C=O) groups is 2. The van der Waals surface area contributed by atoms with Crippen molar-refractivity contribution in [3.63, 3.8) is 0 Å². The standard InChI is InChI=1S/C55H103NO10/c1-3-5-7-9-11-13-14-15-16-20-23-27-31-35-39-43-51(60)64-44-40-36-32-28-24-21-18-17-19-22-26-30-34-38-42-50(59)56-47(48(58)41-37-33-29-25-12-10-8-6-4-2)46-65-55-54(63)53(62)52(61)49(45-57)66-55/h15-16,37,41,47-49,52-55,57-58,61-63H,3-14,17-36,38-40,42-46H2,1-2H3,(H,56,59)/b16-15-,41-37+. The Balaban J connectivity index is 2.08. The van der Waals surface area contributed by atoms with Gasteiger partial charge in [-0.25, -0.2) is 0 Å². The predicted octanol–water partition coefficient (Wildman–Crippen LogP) is 11.8. The van der Waals surface area contributed by atoms with E-state index in [9.17, 15) is 35.1 Å². The summed E-state index contributed by atoms with van der Waals surface area (Å²) in [6.07, 6.45) is 42.6. The molecule has 1 amide bonds. The van der Waals surface area contributed by atoms with Gasteiger partial charge in [0.2, 0.25) is 5.91 Å². The van der Waals surface area contributed by atoms with E-state index in [1.807, 2.05) is 6.08 Å². The summed E-state index contributed by atoms with van der Waals surface area (Å²) in [7, 11) is 0. The molecule has 388 valence electrons. The van der Waals surface area contributed by atoms with Crippen molar-refractivity contribution in [2.45, 2.75) is 294 Å². The fourth-order valence-electron chi connectivity index (χ4n) is 8.60. The minimum Gasteiger partial charge on any atom is -0.466 e. The number of nitrogens with one attached hydrogen (secondary N) is 1. The van der Waals surface area contributed by atoms with Crippen LogP contribution >= 0.6 is 0 Å². The summed E-state index contributed by atoms with van der Waals surface area (Å²) >= 11 is 0.